The van der Waals surface area contributed by atoms with E-state index in [2.05, 4.69) is 24.0 Å². The van der Waals surface area contributed by atoms with Crippen LogP contribution in [0.25, 0.3) is 0 Å². The summed E-state index contributed by atoms with van der Waals surface area (Å²) < 4.78 is 5.41. The van der Waals surface area contributed by atoms with Gasteiger partial charge >= 0.3 is 0 Å². The lowest BCUT2D eigenvalue weighted by Crippen LogP contribution is -2.42. The Morgan fingerprint density at radius 2 is 1.62 bits per heavy atom. The number of methoxy groups -OCH3 is 1. The highest BCUT2D eigenvalue weighted by atomic mass is 16.5. The van der Waals surface area contributed by atoms with E-state index < -0.39 is 11.5 Å². The molecule has 0 bridgehead atoms. The fourth-order valence-corrected chi connectivity index (χ4v) is 8.78. The van der Waals surface area contributed by atoms with Gasteiger partial charge < -0.3 is 25.2 Å². The third kappa shape index (κ3) is 6.29. The van der Waals surface area contributed by atoms with Gasteiger partial charge in [-0.25, -0.2) is 0 Å². The Hall–Kier alpha value is -3.95. The van der Waals surface area contributed by atoms with Gasteiger partial charge in [-0.15, -0.1) is 5.92 Å². The third-order valence-electron chi connectivity index (χ3n) is 11.1. The Labute approximate surface area is 266 Å². The number of aliphatic hydroxyl groups excluding tert-OH is 1. The SMILES string of the molecule is COc1cc([C@H]2CC(=O)C[C@H](O)[C@H]([C@]3(c4ccc(O)c(O)c4)CCC4(CCCC4)C3)CC#C[C@@H]2Cc2ccccc2)ccc1O. The van der Waals surface area contributed by atoms with Crippen LogP contribution in [-0.2, 0) is 16.6 Å². The number of benzene rings is 3. The third-order valence-corrected chi connectivity index (χ3v) is 11.1. The van der Waals surface area contributed by atoms with Crippen LogP contribution in [0.15, 0.2) is 66.7 Å². The van der Waals surface area contributed by atoms with Gasteiger partial charge in [0.25, 0.3) is 0 Å². The predicted octanol–water partition coefficient (Wildman–Crippen LogP) is 7.17. The van der Waals surface area contributed by atoms with Crippen molar-refractivity contribution in [2.45, 2.75) is 88.1 Å². The van der Waals surface area contributed by atoms with E-state index in [0.29, 0.717) is 18.6 Å². The lowest BCUT2D eigenvalue weighted by molar-refractivity contribution is -0.122. The molecule has 0 radical (unpaired) electrons. The molecule has 0 aromatic heterocycles. The summed E-state index contributed by atoms with van der Waals surface area (Å²) in [4.78, 5) is 13.9. The Kier molecular flexibility index (Phi) is 8.84. The summed E-state index contributed by atoms with van der Waals surface area (Å²) in [5.74, 6) is 6.41. The zero-order valence-electron chi connectivity index (χ0n) is 26.0. The molecule has 0 aliphatic heterocycles. The molecule has 2 saturated carbocycles. The van der Waals surface area contributed by atoms with Gasteiger partial charge in [0.1, 0.15) is 5.78 Å². The van der Waals surface area contributed by atoms with Crippen LogP contribution in [-0.4, -0.2) is 39.4 Å². The summed E-state index contributed by atoms with van der Waals surface area (Å²) >= 11 is 0. The molecule has 236 valence electrons. The molecule has 3 aromatic rings. The second-order valence-corrected chi connectivity index (χ2v) is 13.7. The maximum Gasteiger partial charge on any atom is 0.160 e. The number of rotatable bonds is 6. The van der Waals surface area contributed by atoms with E-state index in [1.165, 1.54) is 20.0 Å². The van der Waals surface area contributed by atoms with E-state index in [9.17, 15) is 25.2 Å². The average molecular weight is 609 g/mol. The molecule has 3 aromatic carbocycles. The molecule has 6 rings (SSSR count). The number of hydrogen-bond donors (Lipinski definition) is 4. The first-order valence-corrected chi connectivity index (χ1v) is 16.3. The minimum absolute atomic E-state index is 0.0228. The van der Waals surface area contributed by atoms with Crippen LogP contribution in [0, 0.1) is 29.1 Å². The molecule has 0 amide bonds. The van der Waals surface area contributed by atoms with Crippen molar-refractivity contribution in [1.29, 1.82) is 0 Å². The molecule has 0 saturated heterocycles. The second-order valence-electron chi connectivity index (χ2n) is 13.7. The zero-order chi connectivity index (χ0) is 31.6. The molecule has 5 atom stereocenters. The minimum atomic E-state index is -0.903. The van der Waals surface area contributed by atoms with Gasteiger partial charge in [-0.2, -0.15) is 0 Å². The summed E-state index contributed by atoms with van der Waals surface area (Å²) in [6.07, 6.45) is 7.89. The number of ether oxygens (including phenoxy) is 1. The summed E-state index contributed by atoms with van der Waals surface area (Å²) in [5.41, 5.74) is 2.63. The van der Waals surface area contributed by atoms with Crippen LogP contribution in [0.2, 0.25) is 0 Å². The van der Waals surface area contributed by atoms with Crippen molar-refractivity contribution < 1.29 is 30.0 Å². The van der Waals surface area contributed by atoms with E-state index >= 15 is 0 Å². The Morgan fingerprint density at radius 1 is 0.867 bits per heavy atom. The van der Waals surface area contributed by atoms with Crippen molar-refractivity contribution in [2.24, 2.45) is 17.3 Å². The normalized spacial score (nSPS) is 28.0. The standard InChI is InChI=1S/C39H44O6/c1-45-37-21-28(12-14-34(37)42)31-23-30(40)24-35(43)32(11-7-10-27(31)20-26-8-3-2-4-9-26)39(29-13-15-33(41)36(44)22-29)19-18-38(25-39)16-5-6-17-38/h2-4,8-9,12-15,21-22,27,31-32,35,41-44H,5-6,11,16-20,23-25H2,1H3/t27-,31+,32-,35+,39-/m1/s1. The van der Waals surface area contributed by atoms with E-state index in [1.54, 1.807) is 24.3 Å². The van der Waals surface area contributed by atoms with Crippen LogP contribution >= 0.6 is 0 Å². The van der Waals surface area contributed by atoms with Gasteiger partial charge in [-0.3, -0.25) is 4.79 Å². The largest absolute Gasteiger partial charge is 0.504 e. The summed E-state index contributed by atoms with van der Waals surface area (Å²) in [6.45, 7) is 0. The Balaban J connectivity index is 1.42. The quantitative estimate of drug-likeness (QED) is 0.175. The number of hydrogen-bond acceptors (Lipinski definition) is 6. The lowest BCUT2D eigenvalue weighted by Gasteiger charge is -2.42. The number of carbonyl (C=O) groups is 1. The van der Waals surface area contributed by atoms with Crippen molar-refractivity contribution in [1.82, 2.24) is 0 Å². The number of phenols is 3. The van der Waals surface area contributed by atoms with Crippen LogP contribution in [0.3, 0.4) is 0 Å². The lowest BCUT2D eigenvalue weighted by atomic mass is 9.62. The van der Waals surface area contributed by atoms with E-state index in [4.69, 9.17) is 4.74 Å². The maximum absolute atomic E-state index is 13.9. The second kappa shape index (κ2) is 12.8. The molecule has 6 heteroatoms. The monoisotopic (exact) mass is 608 g/mol. The predicted molar refractivity (Wildman–Crippen MR) is 173 cm³/mol. The van der Waals surface area contributed by atoms with E-state index in [-0.39, 0.29) is 59.0 Å². The van der Waals surface area contributed by atoms with Gasteiger partial charge in [-0.1, -0.05) is 61.2 Å². The molecule has 6 nitrogen and oxygen atoms in total. The summed E-state index contributed by atoms with van der Waals surface area (Å²) in [6, 6.07) is 20.5. The maximum atomic E-state index is 13.9. The number of phenolic OH excluding ortho intramolecular Hbond substituents is 3. The smallest absolute Gasteiger partial charge is 0.160 e. The first kappa shape index (κ1) is 31.0. The molecule has 0 unspecified atom stereocenters. The molecule has 2 fully saturated rings. The van der Waals surface area contributed by atoms with Crippen LogP contribution in [0.1, 0.15) is 86.8 Å². The van der Waals surface area contributed by atoms with E-state index in [0.717, 1.165) is 48.8 Å². The number of aromatic hydroxyl groups is 3. The topological polar surface area (TPSA) is 107 Å². The molecule has 1 spiro atoms. The van der Waals surface area contributed by atoms with Crippen molar-refractivity contribution in [3.63, 3.8) is 0 Å². The number of Topliss-reactive ketones (excluding diaryl/α,β-unsaturated/α-hetero) is 1. The first-order valence-electron chi connectivity index (χ1n) is 16.3. The number of aliphatic hydroxyl groups is 1. The molecule has 3 aliphatic rings. The highest BCUT2D eigenvalue weighted by molar-refractivity contribution is 5.80. The summed E-state index contributed by atoms with van der Waals surface area (Å²) in [5, 5.41) is 42.9. The Morgan fingerprint density at radius 3 is 2.36 bits per heavy atom. The minimum Gasteiger partial charge on any atom is -0.504 e. The fourth-order valence-electron chi connectivity index (χ4n) is 8.78. The van der Waals surface area contributed by atoms with Gasteiger partial charge in [0, 0.05) is 42.4 Å². The van der Waals surface area contributed by atoms with Gasteiger partial charge in [0.15, 0.2) is 23.0 Å². The number of carbonyl (C=O) groups excluding carboxylic acids is 1. The summed E-state index contributed by atoms with van der Waals surface area (Å²) in [7, 11) is 1.51. The van der Waals surface area contributed by atoms with E-state index in [1.807, 2.05) is 30.3 Å². The molecule has 3 aliphatic carbocycles. The first-order chi connectivity index (χ1) is 21.7. The average Bonchev–Trinajstić information content (AvgIpc) is 3.66. The van der Waals surface area contributed by atoms with Crippen molar-refractivity contribution in [3.8, 4) is 34.8 Å². The molecule has 4 N–H and O–H groups in total. The van der Waals surface area contributed by atoms with Crippen LogP contribution in [0.4, 0.5) is 0 Å². The van der Waals surface area contributed by atoms with Gasteiger partial charge in [0.05, 0.1) is 13.2 Å². The Bertz CT molecular complexity index is 1580. The van der Waals surface area contributed by atoms with Crippen LogP contribution in [0.5, 0.6) is 23.0 Å². The molecular weight excluding hydrogens is 564 g/mol. The fraction of sp³-hybridized carbons (Fsp3) is 0.462. The van der Waals surface area contributed by atoms with Crippen molar-refractivity contribution >= 4 is 5.78 Å². The molecular formula is C39H44O6. The highest BCUT2D eigenvalue weighted by Gasteiger charge is 2.55. The zero-order valence-corrected chi connectivity index (χ0v) is 26.0. The van der Waals surface area contributed by atoms with Crippen molar-refractivity contribution in [2.75, 3.05) is 7.11 Å². The molecule has 0 heterocycles. The molecule has 45 heavy (non-hydrogen) atoms. The van der Waals surface area contributed by atoms with Crippen LogP contribution < -0.4 is 4.74 Å². The number of ketones is 1. The van der Waals surface area contributed by atoms with Crippen molar-refractivity contribution in [3.05, 3.63) is 83.4 Å². The highest BCUT2D eigenvalue weighted by Crippen LogP contribution is 2.62. The van der Waals surface area contributed by atoms with Gasteiger partial charge in [0.2, 0.25) is 0 Å². The van der Waals surface area contributed by atoms with Gasteiger partial charge in [-0.05, 0) is 84.9 Å².